The van der Waals surface area contributed by atoms with Crippen molar-refractivity contribution in [3.8, 4) is 17.1 Å². The average Bonchev–Trinajstić information content (AvgIpc) is 2.31. The normalized spacial score (nSPS) is 10.4. The highest BCUT2D eigenvalue weighted by Crippen LogP contribution is 2.26. The number of aromatic nitrogens is 2. The molecule has 18 heavy (non-hydrogen) atoms. The van der Waals surface area contributed by atoms with E-state index in [0.29, 0.717) is 23.8 Å². The zero-order valence-corrected chi connectivity index (χ0v) is 11.2. The number of phenols is 1. The number of nitrogens with one attached hydrogen (secondary N) is 1. The molecule has 0 saturated carbocycles. The second-order valence-corrected chi connectivity index (χ2v) is 4.47. The van der Waals surface area contributed by atoms with Crippen molar-refractivity contribution < 1.29 is 9.50 Å². The van der Waals surface area contributed by atoms with Crippen molar-refractivity contribution in [2.45, 2.75) is 6.92 Å². The van der Waals surface area contributed by atoms with Crippen molar-refractivity contribution in [3.63, 3.8) is 0 Å². The van der Waals surface area contributed by atoms with E-state index in [1.165, 1.54) is 12.1 Å². The minimum Gasteiger partial charge on any atom is -0.508 e. The third-order valence-electron chi connectivity index (χ3n) is 2.23. The Morgan fingerprint density at radius 3 is 2.83 bits per heavy atom. The average molecular weight is 312 g/mol. The number of phenolic OH excluding ortho intramolecular Hbond substituents is 1. The fraction of sp³-hybridized carbons (Fsp3) is 0.167. The second kappa shape index (κ2) is 5.30. The maximum atomic E-state index is 13.2. The fourth-order valence-corrected chi connectivity index (χ4v) is 1.83. The number of nitrogens with zero attached hydrogens (tertiary/aromatic N) is 2. The van der Waals surface area contributed by atoms with E-state index in [4.69, 9.17) is 0 Å². The van der Waals surface area contributed by atoms with Crippen molar-refractivity contribution in [1.82, 2.24) is 9.97 Å². The van der Waals surface area contributed by atoms with Gasteiger partial charge in [0.05, 0.1) is 4.47 Å². The van der Waals surface area contributed by atoms with E-state index in [0.717, 1.165) is 10.5 Å². The van der Waals surface area contributed by atoms with Gasteiger partial charge in [0, 0.05) is 24.4 Å². The molecule has 2 N–H and O–H groups in total. The van der Waals surface area contributed by atoms with Crippen LogP contribution in [0.4, 0.5) is 10.2 Å². The molecule has 1 aromatic carbocycles. The summed E-state index contributed by atoms with van der Waals surface area (Å²) in [6, 6.07) is 3.73. The van der Waals surface area contributed by atoms with Crippen LogP contribution in [-0.4, -0.2) is 21.6 Å². The molecule has 0 spiro atoms. The summed E-state index contributed by atoms with van der Waals surface area (Å²) in [5.74, 6) is 0.304. The van der Waals surface area contributed by atoms with Crippen molar-refractivity contribution >= 4 is 21.7 Å². The molecule has 0 atom stereocenters. The molecule has 0 radical (unpaired) electrons. The number of hydrogen-bond donors (Lipinski definition) is 2. The summed E-state index contributed by atoms with van der Waals surface area (Å²) in [6.07, 6.45) is 1.59. The van der Waals surface area contributed by atoms with Gasteiger partial charge in [-0.05, 0) is 35.0 Å². The molecule has 4 nitrogen and oxygen atoms in total. The third kappa shape index (κ3) is 2.76. The van der Waals surface area contributed by atoms with Crippen LogP contribution in [-0.2, 0) is 0 Å². The highest BCUT2D eigenvalue weighted by atomic mass is 79.9. The molecule has 0 aliphatic carbocycles. The van der Waals surface area contributed by atoms with Gasteiger partial charge in [-0.1, -0.05) is 0 Å². The van der Waals surface area contributed by atoms with Gasteiger partial charge in [0.15, 0.2) is 5.82 Å². The lowest BCUT2D eigenvalue weighted by molar-refractivity contribution is 0.469. The van der Waals surface area contributed by atoms with E-state index < -0.39 is 5.82 Å². The molecular formula is C12H11BrFN3O. The summed E-state index contributed by atoms with van der Waals surface area (Å²) in [4.78, 5) is 8.37. The van der Waals surface area contributed by atoms with Crippen LogP contribution in [0.1, 0.15) is 6.92 Å². The highest BCUT2D eigenvalue weighted by molar-refractivity contribution is 9.10. The van der Waals surface area contributed by atoms with E-state index in [1.807, 2.05) is 6.92 Å². The molecule has 94 valence electrons. The summed E-state index contributed by atoms with van der Waals surface area (Å²) in [5.41, 5.74) is 0.430. The first-order valence-corrected chi connectivity index (χ1v) is 6.15. The highest BCUT2D eigenvalue weighted by Gasteiger charge is 2.08. The predicted octanol–water partition coefficient (Wildman–Crippen LogP) is 3.18. The number of anilines is 1. The van der Waals surface area contributed by atoms with Gasteiger partial charge >= 0.3 is 0 Å². The summed E-state index contributed by atoms with van der Waals surface area (Å²) >= 11 is 3.32. The van der Waals surface area contributed by atoms with E-state index in [-0.39, 0.29) is 5.75 Å². The Morgan fingerprint density at radius 1 is 1.39 bits per heavy atom. The monoisotopic (exact) mass is 311 g/mol. The Bertz CT molecular complexity index is 557. The van der Waals surface area contributed by atoms with Crippen molar-refractivity contribution in [2.75, 3.05) is 11.9 Å². The lowest BCUT2D eigenvalue weighted by atomic mass is 10.2. The standard InChI is InChI=1S/C12H11BrFN3O/c1-2-15-12-10(13)6-16-11(17-12)7-3-8(14)5-9(18)4-7/h3-6,18H,2H2,1H3,(H,15,16,17). The molecule has 0 aliphatic heterocycles. The van der Waals surface area contributed by atoms with Crippen LogP contribution in [0, 0.1) is 5.82 Å². The third-order valence-corrected chi connectivity index (χ3v) is 2.81. The number of halogens is 2. The minimum absolute atomic E-state index is 0.151. The summed E-state index contributed by atoms with van der Waals surface area (Å²) in [5, 5.41) is 12.4. The Kier molecular flexibility index (Phi) is 3.76. The fourth-order valence-electron chi connectivity index (χ4n) is 1.50. The SMILES string of the molecule is CCNc1nc(-c2cc(O)cc(F)c2)ncc1Br. The molecule has 0 fully saturated rings. The quantitative estimate of drug-likeness (QED) is 0.914. The topological polar surface area (TPSA) is 58.0 Å². The molecule has 0 aliphatic rings. The molecular weight excluding hydrogens is 301 g/mol. The summed E-state index contributed by atoms with van der Waals surface area (Å²) in [7, 11) is 0. The molecule has 0 amide bonds. The van der Waals surface area contributed by atoms with Crippen molar-refractivity contribution in [1.29, 1.82) is 0 Å². The lowest BCUT2D eigenvalue weighted by Crippen LogP contribution is -2.02. The first kappa shape index (κ1) is 12.8. The van der Waals surface area contributed by atoms with Gasteiger partial charge in [-0.3, -0.25) is 0 Å². The Labute approximate surface area is 112 Å². The lowest BCUT2D eigenvalue weighted by Gasteiger charge is -2.07. The Balaban J connectivity index is 2.47. The predicted molar refractivity (Wildman–Crippen MR) is 71.0 cm³/mol. The first-order valence-electron chi connectivity index (χ1n) is 5.36. The van der Waals surface area contributed by atoms with E-state index in [9.17, 15) is 9.50 Å². The van der Waals surface area contributed by atoms with Crippen LogP contribution in [0.15, 0.2) is 28.9 Å². The second-order valence-electron chi connectivity index (χ2n) is 3.62. The van der Waals surface area contributed by atoms with Crippen LogP contribution >= 0.6 is 15.9 Å². The number of hydrogen-bond acceptors (Lipinski definition) is 4. The van der Waals surface area contributed by atoms with Gasteiger partial charge in [-0.15, -0.1) is 0 Å². The van der Waals surface area contributed by atoms with E-state index in [1.54, 1.807) is 6.20 Å². The summed E-state index contributed by atoms with van der Waals surface area (Å²) < 4.78 is 13.9. The van der Waals surface area contributed by atoms with E-state index >= 15 is 0 Å². The van der Waals surface area contributed by atoms with Crippen molar-refractivity contribution in [3.05, 3.63) is 34.7 Å². The first-order chi connectivity index (χ1) is 8.60. The molecule has 0 saturated heterocycles. The van der Waals surface area contributed by atoms with Gasteiger partial charge in [0.25, 0.3) is 0 Å². The number of aromatic hydroxyl groups is 1. The molecule has 0 bridgehead atoms. The molecule has 1 aromatic heterocycles. The van der Waals surface area contributed by atoms with Crippen LogP contribution in [0.3, 0.4) is 0 Å². The van der Waals surface area contributed by atoms with Gasteiger partial charge in [-0.25, -0.2) is 14.4 Å². The number of benzene rings is 1. The van der Waals surface area contributed by atoms with Crippen molar-refractivity contribution in [2.24, 2.45) is 0 Å². The van der Waals surface area contributed by atoms with Gasteiger partial charge in [0.1, 0.15) is 17.4 Å². The van der Waals surface area contributed by atoms with Crippen LogP contribution in [0.25, 0.3) is 11.4 Å². The molecule has 2 rings (SSSR count). The van der Waals surface area contributed by atoms with Crippen LogP contribution in [0.5, 0.6) is 5.75 Å². The van der Waals surface area contributed by atoms with Gasteiger partial charge in [-0.2, -0.15) is 0 Å². The minimum atomic E-state index is -0.526. The zero-order valence-electron chi connectivity index (χ0n) is 9.61. The maximum Gasteiger partial charge on any atom is 0.161 e. The van der Waals surface area contributed by atoms with Crippen LogP contribution < -0.4 is 5.32 Å². The molecule has 6 heteroatoms. The Morgan fingerprint density at radius 2 is 2.17 bits per heavy atom. The molecule has 0 unspecified atom stereocenters. The van der Waals surface area contributed by atoms with Crippen LogP contribution in [0.2, 0.25) is 0 Å². The largest absolute Gasteiger partial charge is 0.508 e. The summed E-state index contributed by atoms with van der Waals surface area (Å²) in [6.45, 7) is 2.66. The van der Waals surface area contributed by atoms with Gasteiger partial charge < -0.3 is 10.4 Å². The smallest absolute Gasteiger partial charge is 0.161 e. The maximum absolute atomic E-state index is 13.2. The molecule has 1 heterocycles. The zero-order chi connectivity index (χ0) is 13.1. The molecule has 2 aromatic rings. The van der Waals surface area contributed by atoms with Gasteiger partial charge in [0.2, 0.25) is 0 Å². The van der Waals surface area contributed by atoms with E-state index in [2.05, 4.69) is 31.2 Å². The number of rotatable bonds is 3. The Hall–Kier alpha value is -1.69.